The van der Waals surface area contributed by atoms with Crippen LogP contribution in [0.25, 0.3) is 0 Å². The molecule has 6 nitrogen and oxygen atoms in total. The maximum atomic E-state index is 13.4. The Labute approximate surface area is 175 Å². The second kappa shape index (κ2) is 9.45. The van der Waals surface area contributed by atoms with Gasteiger partial charge in [0.15, 0.2) is 0 Å². The first-order valence-corrected chi connectivity index (χ1v) is 10.4. The predicted octanol–water partition coefficient (Wildman–Crippen LogP) is 4.21. The fraction of sp³-hybridized carbons (Fsp3) is 0.435. The number of nitrogens with one attached hydrogen (secondary N) is 2. The number of urea groups is 1. The van der Waals surface area contributed by atoms with Gasteiger partial charge in [0, 0.05) is 25.5 Å². The molecule has 0 radical (unpaired) electrons. The van der Waals surface area contributed by atoms with Gasteiger partial charge in [-0.15, -0.1) is 0 Å². The molecule has 30 heavy (non-hydrogen) atoms. The summed E-state index contributed by atoms with van der Waals surface area (Å²) in [6.07, 6.45) is 3.53. The van der Waals surface area contributed by atoms with Crippen molar-refractivity contribution in [3.05, 3.63) is 59.9 Å². The van der Waals surface area contributed by atoms with Crippen molar-refractivity contribution in [3.63, 3.8) is 0 Å². The van der Waals surface area contributed by atoms with Gasteiger partial charge in [-0.1, -0.05) is 12.1 Å². The first-order chi connectivity index (χ1) is 14.6. The van der Waals surface area contributed by atoms with Crippen LogP contribution in [-0.2, 0) is 15.0 Å². The van der Waals surface area contributed by atoms with E-state index in [4.69, 9.17) is 14.2 Å². The Morgan fingerprint density at radius 2 is 1.80 bits per heavy atom. The molecule has 2 amide bonds. The molecule has 0 spiro atoms. The molecule has 7 heteroatoms. The monoisotopic (exact) mass is 414 g/mol. The molecule has 0 aliphatic carbocycles. The van der Waals surface area contributed by atoms with Crippen LogP contribution in [0.5, 0.6) is 5.75 Å². The summed E-state index contributed by atoms with van der Waals surface area (Å²) in [5, 5.41) is 5.97. The van der Waals surface area contributed by atoms with Crippen LogP contribution in [-0.4, -0.2) is 38.6 Å². The Bertz CT molecular complexity index is 829. The average Bonchev–Trinajstić information content (AvgIpc) is 3.28. The third-order valence-electron chi connectivity index (χ3n) is 5.67. The summed E-state index contributed by atoms with van der Waals surface area (Å²) in [6, 6.07) is 13.2. The quantitative estimate of drug-likeness (QED) is 0.743. The van der Waals surface area contributed by atoms with E-state index in [1.54, 1.807) is 24.3 Å². The molecule has 2 aromatic rings. The molecular formula is C23H27FN2O4. The van der Waals surface area contributed by atoms with Gasteiger partial charge in [-0.2, -0.15) is 0 Å². The fourth-order valence-corrected chi connectivity index (χ4v) is 3.95. The molecule has 1 atom stereocenters. The number of halogens is 1. The van der Waals surface area contributed by atoms with E-state index in [9.17, 15) is 9.18 Å². The molecule has 160 valence electrons. The first-order valence-electron chi connectivity index (χ1n) is 10.4. The Morgan fingerprint density at radius 1 is 1.07 bits per heavy atom. The van der Waals surface area contributed by atoms with Crippen LogP contribution in [0, 0.1) is 5.82 Å². The molecule has 0 aromatic heterocycles. The largest absolute Gasteiger partial charge is 0.491 e. The zero-order valence-corrected chi connectivity index (χ0v) is 16.9. The van der Waals surface area contributed by atoms with E-state index < -0.39 is 5.54 Å². The number of hydrogen-bond donors (Lipinski definition) is 2. The maximum absolute atomic E-state index is 13.4. The molecule has 0 bridgehead atoms. The van der Waals surface area contributed by atoms with E-state index in [1.165, 1.54) is 12.1 Å². The number of hydrogen-bond acceptors (Lipinski definition) is 4. The Balaban J connectivity index is 1.36. The van der Waals surface area contributed by atoms with E-state index in [1.807, 2.05) is 12.1 Å². The Morgan fingerprint density at radius 3 is 2.47 bits per heavy atom. The minimum absolute atomic E-state index is 0.163. The Hall–Kier alpha value is -2.64. The lowest BCUT2D eigenvalue weighted by Gasteiger charge is -2.38. The molecular weight excluding hydrogens is 387 g/mol. The molecule has 2 aliphatic rings. The van der Waals surface area contributed by atoms with Gasteiger partial charge in [0.25, 0.3) is 0 Å². The molecule has 0 saturated carbocycles. The highest BCUT2D eigenvalue weighted by atomic mass is 19.1. The van der Waals surface area contributed by atoms with Crippen LogP contribution in [0.3, 0.4) is 0 Å². The highest BCUT2D eigenvalue weighted by Crippen LogP contribution is 2.32. The van der Waals surface area contributed by atoms with Crippen molar-refractivity contribution in [2.24, 2.45) is 0 Å². The van der Waals surface area contributed by atoms with Crippen molar-refractivity contribution >= 4 is 11.7 Å². The number of ether oxygens (including phenoxy) is 3. The van der Waals surface area contributed by atoms with Crippen molar-refractivity contribution in [2.75, 3.05) is 31.7 Å². The van der Waals surface area contributed by atoms with Crippen LogP contribution in [0.2, 0.25) is 0 Å². The number of anilines is 1. The third-order valence-corrected chi connectivity index (χ3v) is 5.67. The maximum Gasteiger partial charge on any atom is 0.319 e. The summed E-state index contributed by atoms with van der Waals surface area (Å²) in [7, 11) is 0. The Kier molecular flexibility index (Phi) is 6.50. The van der Waals surface area contributed by atoms with E-state index in [-0.39, 0.29) is 18.0 Å². The van der Waals surface area contributed by atoms with Crippen molar-refractivity contribution in [3.8, 4) is 5.75 Å². The summed E-state index contributed by atoms with van der Waals surface area (Å²) in [4.78, 5) is 12.7. The molecule has 4 rings (SSSR count). The van der Waals surface area contributed by atoms with Crippen LogP contribution in [0.4, 0.5) is 14.9 Å². The van der Waals surface area contributed by atoms with Gasteiger partial charge < -0.3 is 24.8 Å². The van der Waals surface area contributed by atoms with E-state index in [2.05, 4.69) is 10.6 Å². The number of carbonyl (C=O) groups is 1. The lowest BCUT2D eigenvalue weighted by Crippen LogP contribution is -2.50. The van der Waals surface area contributed by atoms with Crippen LogP contribution < -0.4 is 15.4 Å². The topological polar surface area (TPSA) is 68.8 Å². The van der Waals surface area contributed by atoms with Crippen LogP contribution in [0.15, 0.2) is 48.5 Å². The SMILES string of the molecule is O=C(Nc1ccc(OCC2CCCO2)cc1)NC1(c2ccc(F)cc2)CCOCC1. The zero-order chi connectivity index (χ0) is 20.8. The van der Waals surface area contributed by atoms with E-state index in [0.717, 1.165) is 30.8 Å². The number of amides is 2. The predicted molar refractivity (Wildman–Crippen MR) is 111 cm³/mol. The van der Waals surface area contributed by atoms with Crippen molar-refractivity contribution in [1.82, 2.24) is 5.32 Å². The van der Waals surface area contributed by atoms with Gasteiger partial charge in [-0.05, 0) is 67.6 Å². The fourth-order valence-electron chi connectivity index (χ4n) is 3.95. The summed E-state index contributed by atoms with van der Waals surface area (Å²) < 4.78 is 30.1. The normalized spacial score (nSPS) is 20.5. The smallest absolute Gasteiger partial charge is 0.319 e. The van der Waals surface area contributed by atoms with Crippen LogP contribution >= 0.6 is 0 Å². The van der Waals surface area contributed by atoms with Gasteiger partial charge in [0.05, 0.1) is 11.6 Å². The summed E-state index contributed by atoms with van der Waals surface area (Å²) in [5.74, 6) is 0.441. The second-order valence-corrected chi connectivity index (χ2v) is 7.75. The van der Waals surface area contributed by atoms with E-state index in [0.29, 0.717) is 38.3 Å². The lowest BCUT2D eigenvalue weighted by atomic mass is 9.83. The van der Waals surface area contributed by atoms with Crippen molar-refractivity contribution in [1.29, 1.82) is 0 Å². The molecule has 2 aromatic carbocycles. The number of carbonyl (C=O) groups excluding carboxylic acids is 1. The average molecular weight is 414 g/mol. The standard InChI is InChI=1S/C23H27FN2O4/c24-18-5-3-17(4-6-18)23(11-14-28-15-12-23)26-22(27)25-19-7-9-20(10-8-19)30-16-21-2-1-13-29-21/h3-10,21H,1-2,11-16H2,(H2,25,26,27). The minimum atomic E-state index is -0.583. The zero-order valence-electron chi connectivity index (χ0n) is 16.9. The van der Waals surface area contributed by atoms with Gasteiger partial charge in [-0.25, -0.2) is 9.18 Å². The lowest BCUT2D eigenvalue weighted by molar-refractivity contribution is 0.0418. The van der Waals surface area contributed by atoms with Gasteiger partial charge in [-0.3, -0.25) is 0 Å². The van der Waals surface area contributed by atoms with Gasteiger partial charge in [0.2, 0.25) is 0 Å². The molecule has 2 N–H and O–H groups in total. The third kappa shape index (κ3) is 5.09. The van der Waals surface area contributed by atoms with Gasteiger partial charge >= 0.3 is 6.03 Å². The highest BCUT2D eigenvalue weighted by Gasteiger charge is 2.36. The molecule has 2 heterocycles. The highest BCUT2D eigenvalue weighted by molar-refractivity contribution is 5.90. The minimum Gasteiger partial charge on any atom is -0.491 e. The molecule has 2 aliphatic heterocycles. The second-order valence-electron chi connectivity index (χ2n) is 7.75. The number of benzene rings is 2. The summed E-state index contributed by atoms with van der Waals surface area (Å²) in [6.45, 7) is 2.41. The summed E-state index contributed by atoms with van der Waals surface area (Å²) >= 11 is 0. The summed E-state index contributed by atoms with van der Waals surface area (Å²) in [5.41, 5.74) is 0.957. The van der Waals surface area contributed by atoms with Gasteiger partial charge in [0.1, 0.15) is 18.2 Å². The molecule has 2 saturated heterocycles. The van der Waals surface area contributed by atoms with E-state index >= 15 is 0 Å². The van der Waals surface area contributed by atoms with Crippen molar-refractivity contribution < 1.29 is 23.4 Å². The first kappa shape index (κ1) is 20.6. The number of rotatable bonds is 6. The molecule has 1 unspecified atom stereocenters. The van der Waals surface area contributed by atoms with Crippen LogP contribution in [0.1, 0.15) is 31.2 Å². The molecule has 2 fully saturated rings. The van der Waals surface area contributed by atoms with Crippen molar-refractivity contribution in [2.45, 2.75) is 37.3 Å².